The second-order valence-electron chi connectivity index (χ2n) is 5.14. The Morgan fingerprint density at radius 3 is 2.37 bits per heavy atom. The van der Waals surface area contributed by atoms with E-state index in [4.69, 9.17) is 0 Å². The molecular formula is C14H27N3O2. The summed E-state index contributed by atoms with van der Waals surface area (Å²) in [6.07, 6.45) is 7.64. The molecule has 2 amide bonds. The summed E-state index contributed by atoms with van der Waals surface area (Å²) in [5.41, 5.74) is 0. The quantitative estimate of drug-likeness (QED) is 0.476. The lowest BCUT2D eigenvalue weighted by Gasteiger charge is -2.16. The Bertz CT molecular complexity index is 274. The van der Waals surface area contributed by atoms with Gasteiger partial charge >= 0.3 is 0 Å². The molecule has 1 aliphatic rings. The molecule has 5 nitrogen and oxygen atoms in total. The van der Waals surface area contributed by atoms with E-state index < -0.39 is 0 Å². The van der Waals surface area contributed by atoms with Crippen molar-refractivity contribution in [2.75, 3.05) is 19.6 Å². The van der Waals surface area contributed by atoms with Gasteiger partial charge in [0.05, 0.1) is 6.54 Å². The van der Waals surface area contributed by atoms with Crippen molar-refractivity contribution in [2.45, 2.75) is 57.9 Å². The number of carbonyl (C=O) groups is 2. The summed E-state index contributed by atoms with van der Waals surface area (Å²) in [4.78, 5) is 22.9. The van der Waals surface area contributed by atoms with Crippen molar-refractivity contribution in [1.29, 1.82) is 0 Å². The minimum absolute atomic E-state index is 0.0270. The van der Waals surface area contributed by atoms with Gasteiger partial charge in [0.2, 0.25) is 11.8 Å². The van der Waals surface area contributed by atoms with Gasteiger partial charge in [-0.15, -0.1) is 0 Å². The lowest BCUT2D eigenvalue weighted by Crippen LogP contribution is -2.41. The zero-order valence-electron chi connectivity index (χ0n) is 12.0. The molecule has 0 bridgehead atoms. The van der Waals surface area contributed by atoms with E-state index in [0.717, 1.165) is 12.8 Å². The normalized spacial score (nSPS) is 16.7. The van der Waals surface area contributed by atoms with Crippen LogP contribution in [-0.2, 0) is 9.59 Å². The zero-order chi connectivity index (χ0) is 13.9. The smallest absolute Gasteiger partial charge is 0.234 e. The standard InChI is InChI=1S/C14H27N3O2/c1-2-16-13(18)9-10-15-11-14(19)17-12-7-5-3-4-6-8-12/h12,15H,2-11H2,1H3,(H,16,18)(H,17,19). The van der Waals surface area contributed by atoms with Gasteiger partial charge in [0.1, 0.15) is 0 Å². The van der Waals surface area contributed by atoms with E-state index >= 15 is 0 Å². The molecule has 1 saturated carbocycles. The number of hydrogen-bond acceptors (Lipinski definition) is 3. The van der Waals surface area contributed by atoms with Crippen molar-refractivity contribution < 1.29 is 9.59 Å². The Hall–Kier alpha value is -1.10. The molecule has 0 heterocycles. The Kier molecular flexibility index (Phi) is 8.21. The molecule has 19 heavy (non-hydrogen) atoms. The summed E-state index contributed by atoms with van der Waals surface area (Å²) in [5.74, 6) is 0.0713. The molecule has 0 saturated heterocycles. The van der Waals surface area contributed by atoms with Crippen molar-refractivity contribution in [3.63, 3.8) is 0 Å². The van der Waals surface area contributed by atoms with Crippen LogP contribution in [0.25, 0.3) is 0 Å². The first-order valence-electron chi connectivity index (χ1n) is 7.49. The molecule has 0 aliphatic heterocycles. The average molecular weight is 269 g/mol. The highest BCUT2D eigenvalue weighted by Crippen LogP contribution is 2.16. The van der Waals surface area contributed by atoms with Crippen LogP contribution < -0.4 is 16.0 Å². The Morgan fingerprint density at radius 1 is 1.05 bits per heavy atom. The van der Waals surface area contributed by atoms with Crippen LogP contribution in [0.4, 0.5) is 0 Å². The SMILES string of the molecule is CCNC(=O)CCNCC(=O)NC1CCCCCC1. The van der Waals surface area contributed by atoms with Gasteiger partial charge in [-0.05, 0) is 19.8 Å². The lowest BCUT2D eigenvalue weighted by molar-refractivity contribution is -0.122. The summed E-state index contributed by atoms with van der Waals surface area (Å²) in [6.45, 7) is 3.40. The van der Waals surface area contributed by atoms with E-state index in [1.54, 1.807) is 0 Å². The summed E-state index contributed by atoms with van der Waals surface area (Å²) >= 11 is 0. The topological polar surface area (TPSA) is 70.2 Å². The van der Waals surface area contributed by atoms with Crippen molar-refractivity contribution in [1.82, 2.24) is 16.0 Å². The molecule has 110 valence electrons. The van der Waals surface area contributed by atoms with Gasteiger partial charge in [0, 0.05) is 25.6 Å². The van der Waals surface area contributed by atoms with Crippen molar-refractivity contribution in [3.8, 4) is 0 Å². The van der Waals surface area contributed by atoms with Crippen LogP contribution in [0.15, 0.2) is 0 Å². The molecule has 0 aromatic rings. The zero-order valence-corrected chi connectivity index (χ0v) is 12.0. The molecule has 1 aliphatic carbocycles. The first-order valence-corrected chi connectivity index (χ1v) is 7.49. The van der Waals surface area contributed by atoms with E-state index in [0.29, 0.717) is 32.1 Å². The first-order chi connectivity index (χ1) is 9.22. The fraction of sp³-hybridized carbons (Fsp3) is 0.857. The third-order valence-electron chi connectivity index (χ3n) is 3.41. The molecule has 5 heteroatoms. The van der Waals surface area contributed by atoms with Gasteiger partial charge < -0.3 is 16.0 Å². The van der Waals surface area contributed by atoms with E-state index in [-0.39, 0.29) is 11.8 Å². The van der Waals surface area contributed by atoms with Crippen LogP contribution in [0.2, 0.25) is 0 Å². The Balaban J connectivity index is 2.05. The highest BCUT2D eigenvalue weighted by atomic mass is 16.2. The maximum atomic E-state index is 11.7. The average Bonchev–Trinajstić information content (AvgIpc) is 2.64. The van der Waals surface area contributed by atoms with Crippen LogP contribution in [0.3, 0.4) is 0 Å². The molecule has 3 N–H and O–H groups in total. The predicted octanol–water partition coefficient (Wildman–Crippen LogP) is 0.941. The van der Waals surface area contributed by atoms with Crippen LogP contribution >= 0.6 is 0 Å². The van der Waals surface area contributed by atoms with Gasteiger partial charge in [0.25, 0.3) is 0 Å². The van der Waals surface area contributed by atoms with Crippen LogP contribution in [-0.4, -0.2) is 37.5 Å². The Morgan fingerprint density at radius 2 is 1.74 bits per heavy atom. The molecule has 0 aromatic carbocycles. The second kappa shape index (κ2) is 9.78. The number of hydrogen-bond donors (Lipinski definition) is 3. The third-order valence-corrected chi connectivity index (χ3v) is 3.41. The fourth-order valence-corrected chi connectivity index (χ4v) is 2.39. The number of nitrogens with one attached hydrogen (secondary N) is 3. The van der Waals surface area contributed by atoms with Crippen molar-refractivity contribution in [2.24, 2.45) is 0 Å². The summed E-state index contributed by atoms with van der Waals surface area (Å²) in [7, 11) is 0. The van der Waals surface area contributed by atoms with Crippen LogP contribution in [0.1, 0.15) is 51.9 Å². The van der Waals surface area contributed by atoms with Gasteiger partial charge in [-0.3, -0.25) is 9.59 Å². The van der Waals surface area contributed by atoms with E-state index in [2.05, 4.69) is 16.0 Å². The lowest BCUT2D eigenvalue weighted by atomic mass is 10.1. The van der Waals surface area contributed by atoms with E-state index in [1.165, 1.54) is 25.7 Å². The van der Waals surface area contributed by atoms with Crippen LogP contribution in [0, 0.1) is 0 Å². The fourth-order valence-electron chi connectivity index (χ4n) is 2.39. The van der Waals surface area contributed by atoms with Gasteiger partial charge in [-0.1, -0.05) is 25.7 Å². The largest absolute Gasteiger partial charge is 0.356 e. The first kappa shape index (κ1) is 16.0. The maximum absolute atomic E-state index is 11.7. The maximum Gasteiger partial charge on any atom is 0.234 e. The van der Waals surface area contributed by atoms with Gasteiger partial charge in [-0.2, -0.15) is 0 Å². The molecule has 1 fully saturated rings. The molecule has 1 rings (SSSR count). The summed E-state index contributed by atoms with van der Waals surface area (Å²) < 4.78 is 0. The third kappa shape index (κ3) is 7.82. The highest BCUT2D eigenvalue weighted by molar-refractivity contribution is 5.78. The number of rotatable bonds is 7. The van der Waals surface area contributed by atoms with E-state index in [9.17, 15) is 9.59 Å². The van der Waals surface area contributed by atoms with Crippen molar-refractivity contribution >= 4 is 11.8 Å². The van der Waals surface area contributed by atoms with Crippen molar-refractivity contribution in [3.05, 3.63) is 0 Å². The minimum Gasteiger partial charge on any atom is -0.356 e. The van der Waals surface area contributed by atoms with Gasteiger partial charge in [-0.25, -0.2) is 0 Å². The molecular weight excluding hydrogens is 242 g/mol. The van der Waals surface area contributed by atoms with Crippen LogP contribution in [0.5, 0.6) is 0 Å². The molecule has 0 unspecified atom stereocenters. The molecule has 0 atom stereocenters. The molecule has 0 spiro atoms. The monoisotopic (exact) mass is 269 g/mol. The highest BCUT2D eigenvalue weighted by Gasteiger charge is 2.14. The molecule has 0 radical (unpaired) electrons. The number of amides is 2. The summed E-state index contributed by atoms with van der Waals surface area (Å²) in [6, 6.07) is 0.347. The summed E-state index contributed by atoms with van der Waals surface area (Å²) in [5, 5.41) is 8.80. The second-order valence-corrected chi connectivity index (χ2v) is 5.14. The van der Waals surface area contributed by atoms with E-state index in [1.807, 2.05) is 6.92 Å². The van der Waals surface area contributed by atoms with Gasteiger partial charge in [0.15, 0.2) is 0 Å². The minimum atomic E-state index is 0.0270. The molecule has 0 aromatic heterocycles. The predicted molar refractivity (Wildman–Crippen MR) is 75.8 cm³/mol. The number of carbonyl (C=O) groups excluding carboxylic acids is 2. The Labute approximate surface area is 115 Å².